The van der Waals surface area contributed by atoms with E-state index in [0.29, 0.717) is 0 Å². The van der Waals surface area contributed by atoms with Gasteiger partial charge in [-0.05, 0) is 19.9 Å². The topological polar surface area (TPSA) is 90.1 Å². The molecule has 1 atom stereocenters. The molecule has 0 spiro atoms. The van der Waals surface area contributed by atoms with Crippen molar-refractivity contribution in [3.63, 3.8) is 0 Å². The molecule has 22 heavy (non-hydrogen) atoms. The third-order valence-electron chi connectivity index (χ3n) is 3.27. The van der Waals surface area contributed by atoms with Gasteiger partial charge in [-0.3, -0.25) is 19.6 Å². The van der Waals surface area contributed by atoms with Crippen molar-refractivity contribution in [2.24, 2.45) is 7.05 Å². The summed E-state index contributed by atoms with van der Waals surface area (Å²) in [7, 11) is 1.79. The number of benzene rings is 1. The monoisotopic (exact) mass is 322 g/mol. The number of halogens is 1. The van der Waals surface area contributed by atoms with Crippen LogP contribution in [0.4, 0.5) is 5.69 Å². The predicted octanol–water partition coefficient (Wildman–Crippen LogP) is 2.78. The van der Waals surface area contributed by atoms with E-state index in [2.05, 4.69) is 10.4 Å². The zero-order valence-corrected chi connectivity index (χ0v) is 13.1. The van der Waals surface area contributed by atoms with E-state index in [0.717, 1.165) is 11.3 Å². The first-order valence-corrected chi connectivity index (χ1v) is 6.92. The van der Waals surface area contributed by atoms with E-state index < -0.39 is 10.8 Å². The standard InChI is InChI=1S/C14H15ClN4O3/c1-8(12-7-18(3)17-9(12)2)16-14(20)11-6-10(19(21)22)4-5-13(11)15/h4-8H,1-3H3,(H,16,20)/t8-/m0/s1. The molecule has 0 fully saturated rings. The van der Waals surface area contributed by atoms with Gasteiger partial charge in [-0.1, -0.05) is 11.6 Å². The van der Waals surface area contributed by atoms with Crippen molar-refractivity contribution in [3.05, 3.63) is 56.4 Å². The molecule has 0 aliphatic carbocycles. The number of hydrogen-bond donors (Lipinski definition) is 1. The largest absolute Gasteiger partial charge is 0.345 e. The minimum atomic E-state index is -0.568. The van der Waals surface area contributed by atoms with Gasteiger partial charge in [0.05, 0.1) is 27.2 Å². The highest BCUT2D eigenvalue weighted by Crippen LogP contribution is 2.23. The number of carbonyl (C=O) groups is 1. The van der Waals surface area contributed by atoms with Crippen LogP contribution in [0, 0.1) is 17.0 Å². The summed E-state index contributed by atoms with van der Waals surface area (Å²) in [5, 5.41) is 18.0. The molecule has 0 aliphatic rings. The summed E-state index contributed by atoms with van der Waals surface area (Å²) in [6, 6.07) is 3.47. The summed E-state index contributed by atoms with van der Waals surface area (Å²) in [6.45, 7) is 3.66. The smallest absolute Gasteiger partial charge is 0.270 e. The fourth-order valence-corrected chi connectivity index (χ4v) is 2.40. The summed E-state index contributed by atoms with van der Waals surface area (Å²) in [6.07, 6.45) is 1.81. The Morgan fingerprint density at radius 2 is 2.18 bits per heavy atom. The highest BCUT2D eigenvalue weighted by atomic mass is 35.5. The maximum atomic E-state index is 12.3. The van der Waals surface area contributed by atoms with E-state index in [4.69, 9.17) is 11.6 Å². The molecule has 0 radical (unpaired) electrons. The van der Waals surface area contributed by atoms with Crippen LogP contribution in [0.15, 0.2) is 24.4 Å². The molecule has 116 valence electrons. The Balaban J connectivity index is 2.23. The minimum Gasteiger partial charge on any atom is -0.345 e. The van der Waals surface area contributed by atoms with Gasteiger partial charge in [0.2, 0.25) is 0 Å². The number of rotatable bonds is 4. The Kier molecular flexibility index (Phi) is 4.46. The Labute approximate surface area is 132 Å². The Morgan fingerprint density at radius 1 is 1.50 bits per heavy atom. The average molecular weight is 323 g/mol. The van der Waals surface area contributed by atoms with Gasteiger partial charge in [0, 0.05) is 30.9 Å². The number of nitro benzene ring substituents is 1. The van der Waals surface area contributed by atoms with Crippen LogP contribution < -0.4 is 5.32 Å². The van der Waals surface area contributed by atoms with Gasteiger partial charge in [-0.25, -0.2) is 0 Å². The molecule has 0 aliphatic heterocycles. The van der Waals surface area contributed by atoms with Crippen LogP contribution in [0.5, 0.6) is 0 Å². The van der Waals surface area contributed by atoms with E-state index in [-0.39, 0.29) is 22.3 Å². The van der Waals surface area contributed by atoms with Crippen molar-refractivity contribution in [1.82, 2.24) is 15.1 Å². The number of amides is 1. The van der Waals surface area contributed by atoms with Crippen molar-refractivity contribution in [2.75, 3.05) is 0 Å². The Hall–Kier alpha value is -2.41. The van der Waals surface area contributed by atoms with E-state index >= 15 is 0 Å². The zero-order chi connectivity index (χ0) is 16.4. The number of carbonyl (C=O) groups excluding carboxylic acids is 1. The third kappa shape index (κ3) is 3.25. The first-order chi connectivity index (χ1) is 10.3. The quantitative estimate of drug-likeness (QED) is 0.692. The van der Waals surface area contributed by atoms with Gasteiger partial charge in [0.25, 0.3) is 11.6 Å². The first-order valence-electron chi connectivity index (χ1n) is 6.54. The van der Waals surface area contributed by atoms with Gasteiger partial charge in [0.1, 0.15) is 0 Å². The van der Waals surface area contributed by atoms with Crippen molar-refractivity contribution >= 4 is 23.2 Å². The van der Waals surface area contributed by atoms with Crippen LogP contribution in [0.25, 0.3) is 0 Å². The highest BCUT2D eigenvalue weighted by Gasteiger charge is 2.19. The molecule has 1 aromatic carbocycles. The third-order valence-corrected chi connectivity index (χ3v) is 3.60. The van der Waals surface area contributed by atoms with E-state index in [1.165, 1.54) is 18.2 Å². The fourth-order valence-electron chi connectivity index (χ4n) is 2.20. The van der Waals surface area contributed by atoms with E-state index in [9.17, 15) is 14.9 Å². The van der Waals surface area contributed by atoms with Crippen molar-refractivity contribution in [1.29, 1.82) is 0 Å². The summed E-state index contributed by atoms with van der Waals surface area (Å²) < 4.78 is 1.66. The van der Waals surface area contributed by atoms with Crippen molar-refractivity contribution in [2.45, 2.75) is 19.9 Å². The molecule has 2 aromatic rings. The number of nitrogens with zero attached hydrogens (tertiary/aromatic N) is 3. The molecule has 1 aromatic heterocycles. The lowest BCUT2D eigenvalue weighted by atomic mass is 10.1. The van der Waals surface area contributed by atoms with Crippen LogP contribution >= 0.6 is 11.6 Å². The summed E-state index contributed by atoms with van der Waals surface area (Å²) in [4.78, 5) is 22.5. The summed E-state index contributed by atoms with van der Waals surface area (Å²) >= 11 is 5.96. The molecule has 2 rings (SSSR count). The maximum absolute atomic E-state index is 12.3. The minimum absolute atomic E-state index is 0.0734. The summed E-state index contributed by atoms with van der Waals surface area (Å²) in [5.74, 6) is -0.468. The van der Waals surface area contributed by atoms with Gasteiger partial charge in [-0.2, -0.15) is 5.10 Å². The Bertz CT molecular complexity index is 742. The lowest BCUT2D eigenvalue weighted by Crippen LogP contribution is -2.27. The van der Waals surface area contributed by atoms with Crippen LogP contribution in [0.1, 0.15) is 34.6 Å². The van der Waals surface area contributed by atoms with Gasteiger partial charge in [-0.15, -0.1) is 0 Å². The second-order valence-corrected chi connectivity index (χ2v) is 5.37. The second kappa shape index (κ2) is 6.15. The van der Waals surface area contributed by atoms with Crippen LogP contribution in [-0.2, 0) is 7.05 Å². The van der Waals surface area contributed by atoms with Gasteiger partial charge >= 0.3 is 0 Å². The lowest BCUT2D eigenvalue weighted by Gasteiger charge is -2.13. The van der Waals surface area contributed by atoms with E-state index in [1.54, 1.807) is 11.7 Å². The van der Waals surface area contributed by atoms with Crippen molar-refractivity contribution in [3.8, 4) is 0 Å². The summed E-state index contributed by atoms with van der Waals surface area (Å²) in [5.41, 5.74) is 1.57. The SMILES string of the molecule is Cc1nn(C)cc1[C@H](C)NC(=O)c1cc([N+](=O)[O-])ccc1Cl. The van der Waals surface area contributed by atoms with Gasteiger partial charge in [0.15, 0.2) is 0 Å². The number of non-ortho nitro benzene ring substituents is 1. The van der Waals surface area contributed by atoms with E-state index in [1.807, 2.05) is 20.0 Å². The molecule has 0 saturated carbocycles. The number of nitrogens with one attached hydrogen (secondary N) is 1. The molecule has 7 nitrogen and oxygen atoms in total. The molecule has 0 unspecified atom stereocenters. The molecule has 0 bridgehead atoms. The fraction of sp³-hybridized carbons (Fsp3) is 0.286. The second-order valence-electron chi connectivity index (χ2n) is 4.96. The molecular formula is C14H15ClN4O3. The molecule has 0 saturated heterocycles. The van der Waals surface area contributed by atoms with Crippen LogP contribution in [-0.4, -0.2) is 20.6 Å². The van der Waals surface area contributed by atoms with Crippen LogP contribution in [0.3, 0.4) is 0 Å². The number of aryl methyl sites for hydroxylation is 2. The Morgan fingerprint density at radius 3 is 2.73 bits per heavy atom. The van der Waals surface area contributed by atoms with Gasteiger partial charge < -0.3 is 5.32 Å². The highest BCUT2D eigenvalue weighted by molar-refractivity contribution is 6.33. The predicted molar refractivity (Wildman–Crippen MR) is 81.9 cm³/mol. The maximum Gasteiger partial charge on any atom is 0.270 e. The molecule has 1 amide bonds. The number of nitro groups is 1. The average Bonchev–Trinajstić information content (AvgIpc) is 2.77. The molecular weight excluding hydrogens is 308 g/mol. The lowest BCUT2D eigenvalue weighted by molar-refractivity contribution is -0.384. The number of aromatic nitrogens is 2. The molecule has 1 N–H and O–H groups in total. The molecule has 8 heteroatoms. The van der Waals surface area contributed by atoms with Crippen molar-refractivity contribution < 1.29 is 9.72 Å². The zero-order valence-electron chi connectivity index (χ0n) is 12.3. The van der Waals surface area contributed by atoms with Crippen LogP contribution in [0.2, 0.25) is 5.02 Å². The molecule has 1 heterocycles. The normalized spacial score (nSPS) is 12.0. The number of hydrogen-bond acceptors (Lipinski definition) is 4. The first kappa shape index (κ1) is 16.0.